The van der Waals surface area contributed by atoms with Gasteiger partial charge in [-0.2, -0.15) is 36.5 Å². The van der Waals surface area contributed by atoms with Gasteiger partial charge >= 0.3 is 12.4 Å². The van der Waals surface area contributed by atoms with Crippen LogP contribution in [0.4, 0.5) is 26.3 Å². The first-order valence-corrected chi connectivity index (χ1v) is 18.8. The maximum absolute atomic E-state index is 13.4. The van der Waals surface area contributed by atoms with Crippen LogP contribution in [0.5, 0.6) is 17.2 Å². The zero-order valence-corrected chi connectivity index (χ0v) is 30.9. The fourth-order valence-corrected chi connectivity index (χ4v) is 6.38. The fourth-order valence-electron chi connectivity index (χ4n) is 5.30. The van der Waals surface area contributed by atoms with E-state index in [0.29, 0.717) is 34.0 Å². The summed E-state index contributed by atoms with van der Waals surface area (Å²) < 4.78 is 111. The second-order valence-electron chi connectivity index (χ2n) is 12.0. The Kier molecular flexibility index (Phi) is 11.2. The number of aromatic nitrogens is 4. The van der Waals surface area contributed by atoms with Crippen LogP contribution in [0.25, 0.3) is 33.9 Å². The summed E-state index contributed by atoms with van der Waals surface area (Å²) in [7, 11) is -3.40. The van der Waals surface area contributed by atoms with E-state index >= 15 is 0 Å². The largest absolute Gasteiger partial charge is 0.508 e. The molecule has 5 aromatic carbocycles. The molecule has 0 amide bonds. The number of nitrogens with zero attached hydrogens (tertiary/aromatic N) is 4. The molecule has 8 nitrogen and oxygen atoms in total. The molecule has 1 N–H and O–H groups in total. The summed E-state index contributed by atoms with van der Waals surface area (Å²) in [5.74, 6) is 0.712. The van der Waals surface area contributed by atoms with E-state index in [2.05, 4.69) is 10.2 Å². The monoisotopic (exact) mass is 830 g/mol. The summed E-state index contributed by atoms with van der Waals surface area (Å²) >= 11 is 12.3. The van der Waals surface area contributed by atoms with E-state index in [9.17, 15) is 39.9 Å². The van der Waals surface area contributed by atoms with Crippen LogP contribution < -0.4 is 4.74 Å². The van der Waals surface area contributed by atoms with Crippen LogP contribution in [-0.4, -0.2) is 39.3 Å². The minimum absolute atomic E-state index is 0.0219. The third-order valence-electron chi connectivity index (χ3n) is 7.94. The molecule has 0 fully saturated rings. The standard InChI is InChI=1S/C23H16ClF3N2O3S.C16H10ClF3N2O/c1-33(30,31)18-6-4-5-17(13-18)32-16-11-9-15(10-12-16)21-14-22(23(25,26)27)28-29(21)20-8-3-2-7-19(20)24;17-12-3-1-2-4-13(12)22-14(9-15(21-22)16(18,19)20)10-5-7-11(23)8-6-10/h2-14H,1H3;1-9,23H. The number of rotatable bonds is 7. The van der Waals surface area contributed by atoms with Gasteiger partial charge in [-0.15, -0.1) is 0 Å². The summed E-state index contributed by atoms with van der Waals surface area (Å²) in [5, 5.41) is 17.3. The van der Waals surface area contributed by atoms with Crippen molar-refractivity contribution in [2.75, 3.05) is 6.26 Å². The molecule has 0 spiro atoms. The van der Waals surface area contributed by atoms with E-state index < -0.39 is 33.6 Å². The number of halogens is 8. The van der Waals surface area contributed by atoms with Gasteiger partial charge in [-0.05, 0) is 103 Å². The number of hydrogen-bond acceptors (Lipinski definition) is 6. The van der Waals surface area contributed by atoms with Crippen molar-refractivity contribution < 1.29 is 44.6 Å². The number of hydrogen-bond donors (Lipinski definition) is 1. The topological polar surface area (TPSA) is 99.2 Å². The molecule has 0 aliphatic carbocycles. The second-order valence-corrected chi connectivity index (χ2v) is 14.8. The molecule has 2 heterocycles. The van der Waals surface area contributed by atoms with Gasteiger partial charge < -0.3 is 9.84 Å². The number of phenols is 1. The molecular weight excluding hydrogens is 805 g/mol. The zero-order valence-electron chi connectivity index (χ0n) is 28.6. The van der Waals surface area contributed by atoms with E-state index in [1.165, 1.54) is 36.4 Å². The molecule has 0 saturated heterocycles. The number of para-hydroxylation sites is 2. The van der Waals surface area contributed by atoms with Crippen LogP contribution >= 0.6 is 23.2 Å². The number of phenolic OH excluding ortho intramolecular Hbond substituents is 1. The minimum atomic E-state index is -4.63. The molecule has 2 aromatic heterocycles. The van der Waals surface area contributed by atoms with Crippen molar-refractivity contribution in [1.82, 2.24) is 19.6 Å². The normalized spacial score (nSPS) is 11.9. The Hall–Kier alpha value is -5.77. The Morgan fingerprint density at radius 2 is 1.04 bits per heavy atom. The summed E-state index contributed by atoms with van der Waals surface area (Å²) in [5.41, 5.74) is -0.0569. The van der Waals surface area contributed by atoms with Crippen LogP contribution in [0.3, 0.4) is 0 Å². The first-order chi connectivity index (χ1) is 26.4. The molecule has 0 saturated carbocycles. The molecule has 288 valence electrons. The lowest BCUT2D eigenvalue weighted by molar-refractivity contribution is -0.142. The maximum Gasteiger partial charge on any atom is 0.435 e. The van der Waals surface area contributed by atoms with Gasteiger partial charge in [-0.25, -0.2) is 17.8 Å². The number of ether oxygens (including phenoxy) is 1. The van der Waals surface area contributed by atoms with Crippen molar-refractivity contribution in [3.63, 3.8) is 0 Å². The third kappa shape index (κ3) is 9.18. The quantitative estimate of drug-likeness (QED) is 0.161. The summed E-state index contributed by atoms with van der Waals surface area (Å²) in [4.78, 5) is 0.111. The van der Waals surface area contributed by atoms with Crippen molar-refractivity contribution in [2.24, 2.45) is 0 Å². The first kappa shape index (κ1) is 39.9. The summed E-state index contributed by atoms with van der Waals surface area (Å²) in [6.07, 6.45) is -8.11. The SMILES string of the molecule is CS(=O)(=O)c1cccc(Oc2ccc(-c3cc(C(F)(F)F)nn3-c3ccccc3Cl)cc2)c1.Oc1ccc(-c2cc(C(F)(F)F)nn2-c2ccccc2Cl)cc1. The van der Waals surface area contributed by atoms with Crippen LogP contribution in [-0.2, 0) is 22.2 Å². The molecule has 7 aromatic rings. The smallest absolute Gasteiger partial charge is 0.435 e. The number of sulfone groups is 1. The van der Waals surface area contributed by atoms with Crippen molar-refractivity contribution in [3.05, 3.63) is 155 Å². The lowest BCUT2D eigenvalue weighted by Crippen LogP contribution is -2.07. The lowest BCUT2D eigenvalue weighted by Gasteiger charge is -2.11. The molecule has 0 atom stereocenters. The molecule has 17 heteroatoms. The summed E-state index contributed by atoms with van der Waals surface area (Å²) in [6, 6.07) is 33.0. The fraction of sp³-hybridized carbons (Fsp3) is 0.0769. The van der Waals surface area contributed by atoms with Gasteiger partial charge in [0.15, 0.2) is 21.2 Å². The average Bonchev–Trinajstić information content (AvgIpc) is 3.80. The Morgan fingerprint density at radius 1 is 0.589 bits per heavy atom. The molecule has 0 bridgehead atoms. The highest BCUT2D eigenvalue weighted by molar-refractivity contribution is 7.90. The van der Waals surface area contributed by atoms with Crippen LogP contribution in [0.1, 0.15) is 11.4 Å². The second kappa shape index (κ2) is 15.8. The molecule has 56 heavy (non-hydrogen) atoms. The first-order valence-electron chi connectivity index (χ1n) is 16.1. The Labute approximate surface area is 325 Å². The van der Waals surface area contributed by atoms with E-state index in [4.69, 9.17) is 27.9 Å². The van der Waals surface area contributed by atoms with Gasteiger partial charge in [0.25, 0.3) is 0 Å². The van der Waals surface area contributed by atoms with E-state index in [1.54, 1.807) is 84.9 Å². The molecule has 0 unspecified atom stereocenters. The van der Waals surface area contributed by atoms with Crippen LogP contribution in [0.2, 0.25) is 10.0 Å². The molecular formula is C39H26Cl2F6N4O4S. The van der Waals surface area contributed by atoms with Crippen LogP contribution in [0, 0.1) is 0 Å². The highest BCUT2D eigenvalue weighted by Gasteiger charge is 2.36. The number of alkyl halides is 6. The van der Waals surface area contributed by atoms with Crippen molar-refractivity contribution >= 4 is 33.0 Å². The Balaban J connectivity index is 0.000000202. The van der Waals surface area contributed by atoms with E-state index in [1.807, 2.05) is 0 Å². The Morgan fingerprint density at radius 3 is 1.46 bits per heavy atom. The van der Waals surface area contributed by atoms with E-state index in [-0.39, 0.29) is 32.1 Å². The van der Waals surface area contributed by atoms with E-state index in [0.717, 1.165) is 27.8 Å². The predicted octanol–water partition coefficient (Wildman–Crippen LogP) is 11.3. The van der Waals surface area contributed by atoms with Crippen LogP contribution in [0.15, 0.2) is 138 Å². The van der Waals surface area contributed by atoms with Crippen molar-refractivity contribution in [2.45, 2.75) is 17.2 Å². The van der Waals surface area contributed by atoms with Gasteiger partial charge in [-0.3, -0.25) is 0 Å². The lowest BCUT2D eigenvalue weighted by atomic mass is 10.1. The van der Waals surface area contributed by atoms with Gasteiger partial charge in [0.2, 0.25) is 0 Å². The molecule has 7 rings (SSSR count). The molecule has 0 aliphatic heterocycles. The Bertz CT molecular complexity index is 2610. The van der Waals surface area contributed by atoms with Crippen molar-refractivity contribution in [1.29, 1.82) is 0 Å². The minimum Gasteiger partial charge on any atom is -0.508 e. The number of benzene rings is 5. The molecule has 0 radical (unpaired) electrons. The van der Waals surface area contributed by atoms with Gasteiger partial charge in [0.1, 0.15) is 17.2 Å². The van der Waals surface area contributed by atoms with Gasteiger partial charge in [0, 0.05) is 17.4 Å². The predicted molar refractivity (Wildman–Crippen MR) is 199 cm³/mol. The van der Waals surface area contributed by atoms with Gasteiger partial charge in [0.05, 0.1) is 37.7 Å². The summed E-state index contributed by atoms with van der Waals surface area (Å²) in [6.45, 7) is 0. The van der Waals surface area contributed by atoms with Gasteiger partial charge in [-0.1, -0.05) is 53.5 Å². The zero-order chi connectivity index (χ0) is 40.4. The average molecular weight is 832 g/mol. The van der Waals surface area contributed by atoms with Crippen molar-refractivity contribution in [3.8, 4) is 51.1 Å². The number of aromatic hydroxyl groups is 1. The molecule has 0 aliphatic rings. The maximum atomic E-state index is 13.4. The highest BCUT2D eigenvalue weighted by Crippen LogP contribution is 2.37. The third-order valence-corrected chi connectivity index (χ3v) is 9.69. The highest BCUT2D eigenvalue weighted by atomic mass is 35.5.